The van der Waals surface area contributed by atoms with Crippen molar-refractivity contribution >= 4 is 11.6 Å². The highest BCUT2D eigenvalue weighted by Gasteiger charge is 2.23. The van der Waals surface area contributed by atoms with Crippen LogP contribution in [0.1, 0.15) is 34.7 Å². The number of aromatic nitrogens is 3. The van der Waals surface area contributed by atoms with E-state index >= 15 is 0 Å². The Morgan fingerprint density at radius 1 is 1.24 bits per heavy atom. The number of pyridine rings is 1. The van der Waals surface area contributed by atoms with Gasteiger partial charge in [0.1, 0.15) is 17.6 Å². The van der Waals surface area contributed by atoms with Crippen LogP contribution in [0.4, 0.5) is 5.82 Å². The molecule has 6 heteroatoms. The predicted molar refractivity (Wildman–Crippen MR) is 75.9 cm³/mol. The molecule has 1 aliphatic rings. The molecule has 6 nitrogen and oxygen atoms in total. The molecule has 0 amide bonds. The van der Waals surface area contributed by atoms with Gasteiger partial charge in [0.25, 0.3) is 0 Å². The van der Waals surface area contributed by atoms with E-state index in [0.717, 1.165) is 25.9 Å². The average Bonchev–Trinajstić information content (AvgIpc) is 3.09. The summed E-state index contributed by atoms with van der Waals surface area (Å²) < 4.78 is 0. The number of carbonyl (C=O) groups excluding carboxylic acids is 1. The quantitative estimate of drug-likeness (QED) is 0.793. The summed E-state index contributed by atoms with van der Waals surface area (Å²) in [6, 6.07) is 7.10. The van der Waals surface area contributed by atoms with Crippen LogP contribution in [0, 0.1) is 11.3 Å². The van der Waals surface area contributed by atoms with E-state index < -0.39 is 0 Å². The third-order valence-electron chi connectivity index (χ3n) is 3.42. The van der Waals surface area contributed by atoms with Gasteiger partial charge in [0.2, 0.25) is 11.6 Å². The molecule has 104 valence electrons. The fraction of sp³-hybridized carbons (Fsp3) is 0.267. The zero-order valence-electron chi connectivity index (χ0n) is 11.4. The van der Waals surface area contributed by atoms with Gasteiger partial charge >= 0.3 is 0 Å². The van der Waals surface area contributed by atoms with Gasteiger partial charge in [-0.1, -0.05) is 6.07 Å². The molecule has 0 radical (unpaired) electrons. The molecular formula is C15H13N5O. The highest BCUT2D eigenvalue weighted by Crippen LogP contribution is 2.23. The van der Waals surface area contributed by atoms with Crippen molar-refractivity contribution in [1.82, 2.24) is 15.0 Å². The van der Waals surface area contributed by atoms with Gasteiger partial charge in [0, 0.05) is 25.5 Å². The maximum Gasteiger partial charge on any atom is 0.234 e. The van der Waals surface area contributed by atoms with Crippen molar-refractivity contribution in [3.05, 3.63) is 47.7 Å². The second-order valence-corrected chi connectivity index (χ2v) is 4.78. The van der Waals surface area contributed by atoms with Crippen molar-refractivity contribution in [1.29, 1.82) is 5.26 Å². The monoisotopic (exact) mass is 279 g/mol. The molecular weight excluding hydrogens is 266 g/mol. The van der Waals surface area contributed by atoms with Crippen LogP contribution in [0.15, 0.2) is 30.6 Å². The summed E-state index contributed by atoms with van der Waals surface area (Å²) in [5, 5.41) is 8.96. The molecule has 3 heterocycles. The lowest BCUT2D eigenvalue weighted by Crippen LogP contribution is -2.23. The molecule has 1 aliphatic heterocycles. The van der Waals surface area contributed by atoms with Crippen molar-refractivity contribution in [3.8, 4) is 6.07 Å². The fourth-order valence-corrected chi connectivity index (χ4v) is 2.39. The molecule has 0 saturated carbocycles. The van der Waals surface area contributed by atoms with Crippen LogP contribution in [-0.2, 0) is 0 Å². The smallest absolute Gasteiger partial charge is 0.234 e. The molecule has 0 spiro atoms. The zero-order valence-corrected chi connectivity index (χ0v) is 11.4. The molecule has 2 aromatic rings. The first-order valence-corrected chi connectivity index (χ1v) is 6.77. The van der Waals surface area contributed by atoms with Gasteiger partial charge in [0.15, 0.2) is 0 Å². The fourth-order valence-electron chi connectivity index (χ4n) is 2.39. The first-order chi connectivity index (χ1) is 10.3. The van der Waals surface area contributed by atoms with Gasteiger partial charge in [-0.3, -0.25) is 9.78 Å². The molecule has 3 rings (SSSR count). The normalized spacial score (nSPS) is 14.0. The Bertz CT molecular complexity index is 702. The van der Waals surface area contributed by atoms with Crippen LogP contribution in [0.3, 0.4) is 0 Å². The van der Waals surface area contributed by atoms with Crippen LogP contribution in [0.5, 0.6) is 0 Å². The number of rotatable bonds is 3. The second-order valence-electron chi connectivity index (χ2n) is 4.78. The van der Waals surface area contributed by atoms with Gasteiger partial charge in [-0.15, -0.1) is 0 Å². The minimum Gasteiger partial charge on any atom is -0.356 e. The van der Waals surface area contributed by atoms with Gasteiger partial charge in [-0.2, -0.15) is 5.26 Å². The van der Waals surface area contributed by atoms with Crippen LogP contribution in [-0.4, -0.2) is 33.8 Å². The predicted octanol–water partition coefficient (Wildman–Crippen LogP) is 1.57. The van der Waals surface area contributed by atoms with Gasteiger partial charge in [-0.25, -0.2) is 9.97 Å². The first-order valence-electron chi connectivity index (χ1n) is 6.77. The Labute approximate surface area is 122 Å². The molecule has 0 atom stereocenters. The number of hydrogen-bond donors (Lipinski definition) is 0. The Hall–Kier alpha value is -2.81. The van der Waals surface area contributed by atoms with Crippen LogP contribution >= 0.6 is 0 Å². The number of ketones is 1. The van der Waals surface area contributed by atoms with E-state index in [-0.39, 0.29) is 11.6 Å². The molecule has 1 fully saturated rings. The van der Waals surface area contributed by atoms with Gasteiger partial charge in [-0.05, 0) is 25.0 Å². The highest BCUT2D eigenvalue weighted by molar-refractivity contribution is 6.10. The van der Waals surface area contributed by atoms with E-state index in [1.54, 1.807) is 24.4 Å². The summed E-state index contributed by atoms with van der Waals surface area (Å²) >= 11 is 0. The Kier molecular flexibility index (Phi) is 3.56. The van der Waals surface area contributed by atoms with Crippen molar-refractivity contribution < 1.29 is 4.79 Å². The summed E-state index contributed by atoms with van der Waals surface area (Å²) in [5.41, 5.74) is 0.751. The molecule has 2 aromatic heterocycles. The largest absolute Gasteiger partial charge is 0.356 e. The van der Waals surface area contributed by atoms with Crippen LogP contribution < -0.4 is 4.90 Å². The van der Waals surface area contributed by atoms with Gasteiger partial charge < -0.3 is 4.90 Å². The standard InChI is InChI=1S/C15H13N5O/c16-9-13-18-10-11(14(21)12-5-1-2-6-17-12)15(19-13)20-7-3-4-8-20/h1-2,5-6,10H,3-4,7-8H2. The zero-order chi connectivity index (χ0) is 14.7. The summed E-state index contributed by atoms with van der Waals surface area (Å²) in [6.07, 6.45) is 5.12. The maximum absolute atomic E-state index is 12.6. The lowest BCUT2D eigenvalue weighted by Gasteiger charge is -2.18. The van der Waals surface area contributed by atoms with E-state index in [0.29, 0.717) is 17.1 Å². The van der Waals surface area contributed by atoms with E-state index in [4.69, 9.17) is 5.26 Å². The van der Waals surface area contributed by atoms with Crippen molar-refractivity contribution in [3.63, 3.8) is 0 Å². The third kappa shape index (κ3) is 2.58. The molecule has 21 heavy (non-hydrogen) atoms. The summed E-state index contributed by atoms with van der Waals surface area (Å²) in [4.78, 5) is 26.8. The highest BCUT2D eigenvalue weighted by atomic mass is 16.1. The Balaban J connectivity index is 2.05. The molecule has 0 bridgehead atoms. The van der Waals surface area contributed by atoms with E-state index in [1.807, 2.05) is 11.0 Å². The first kappa shape index (κ1) is 13.2. The lowest BCUT2D eigenvalue weighted by atomic mass is 10.1. The molecule has 0 unspecified atom stereocenters. The summed E-state index contributed by atoms with van der Waals surface area (Å²) in [6.45, 7) is 1.68. The number of carbonyl (C=O) groups is 1. The van der Waals surface area contributed by atoms with Crippen LogP contribution in [0.2, 0.25) is 0 Å². The van der Waals surface area contributed by atoms with Crippen molar-refractivity contribution in [2.45, 2.75) is 12.8 Å². The van der Waals surface area contributed by atoms with Crippen LogP contribution in [0.25, 0.3) is 0 Å². The summed E-state index contributed by atoms with van der Waals surface area (Å²) in [7, 11) is 0. The number of hydrogen-bond acceptors (Lipinski definition) is 6. The second kappa shape index (κ2) is 5.67. The minimum atomic E-state index is -0.220. The molecule has 0 aromatic carbocycles. The van der Waals surface area contributed by atoms with Gasteiger partial charge in [0.05, 0.1) is 5.56 Å². The van der Waals surface area contributed by atoms with Crippen molar-refractivity contribution in [2.75, 3.05) is 18.0 Å². The van der Waals surface area contributed by atoms with E-state index in [1.165, 1.54) is 6.20 Å². The Morgan fingerprint density at radius 3 is 2.71 bits per heavy atom. The topological polar surface area (TPSA) is 82.8 Å². The molecule has 0 N–H and O–H groups in total. The number of anilines is 1. The number of nitrogens with zero attached hydrogens (tertiary/aromatic N) is 5. The average molecular weight is 279 g/mol. The maximum atomic E-state index is 12.6. The summed E-state index contributed by atoms with van der Waals surface area (Å²) in [5.74, 6) is 0.395. The van der Waals surface area contributed by atoms with Crippen molar-refractivity contribution in [2.24, 2.45) is 0 Å². The lowest BCUT2D eigenvalue weighted by molar-refractivity contribution is 0.103. The third-order valence-corrected chi connectivity index (χ3v) is 3.42. The van der Waals surface area contributed by atoms with E-state index in [9.17, 15) is 4.79 Å². The number of nitriles is 1. The minimum absolute atomic E-state index is 0.0782. The Morgan fingerprint density at radius 2 is 2.05 bits per heavy atom. The SMILES string of the molecule is N#Cc1ncc(C(=O)c2ccccn2)c(N2CCCC2)n1. The molecule has 0 aliphatic carbocycles. The molecule has 1 saturated heterocycles. The van der Waals surface area contributed by atoms with E-state index in [2.05, 4.69) is 15.0 Å².